The van der Waals surface area contributed by atoms with Crippen molar-refractivity contribution in [2.24, 2.45) is 0 Å². The summed E-state index contributed by atoms with van der Waals surface area (Å²) in [6.45, 7) is 0.972. The molecule has 0 spiro atoms. The number of nitrogens with one attached hydrogen (secondary N) is 1. The number of benzene rings is 1. The smallest absolute Gasteiger partial charge is 0.306 e. The minimum absolute atomic E-state index is 0.0643. The molecule has 10 heteroatoms. The Hall–Kier alpha value is -2.88. The third-order valence-corrected chi connectivity index (χ3v) is 6.58. The van der Waals surface area contributed by atoms with E-state index in [-0.39, 0.29) is 22.8 Å². The lowest BCUT2D eigenvalue weighted by Gasteiger charge is -2.23. The Kier molecular flexibility index (Phi) is 4.53. The predicted molar refractivity (Wildman–Crippen MR) is 109 cm³/mol. The van der Waals surface area contributed by atoms with E-state index in [1.165, 1.54) is 0 Å². The highest BCUT2D eigenvalue weighted by atomic mass is 32.1. The van der Waals surface area contributed by atoms with Crippen molar-refractivity contribution in [3.63, 3.8) is 0 Å². The molecule has 1 saturated heterocycles. The zero-order valence-electron chi connectivity index (χ0n) is 16.0. The number of thiazole rings is 1. The van der Waals surface area contributed by atoms with Crippen LogP contribution in [-0.2, 0) is 23.8 Å². The van der Waals surface area contributed by atoms with Gasteiger partial charge in [0.15, 0.2) is 21.3 Å². The quantitative estimate of drug-likeness (QED) is 0.687. The highest BCUT2D eigenvalue weighted by molar-refractivity contribution is 7.21. The maximum Gasteiger partial charge on any atom is 0.306 e. The molecule has 1 N–H and O–H groups in total. The zero-order valence-corrected chi connectivity index (χ0v) is 16.8. The van der Waals surface area contributed by atoms with Crippen LogP contribution in [-0.4, -0.2) is 33.0 Å². The first kappa shape index (κ1) is 19.1. The molecule has 1 amide bonds. The molecule has 2 aliphatic heterocycles. The standard InChI is InChI=1S/C20H19F2N5O2S/c21-20(22)8-10-27-17(29)14-16(25-18(20)27)30-19(24-14)26-9-4-7-13(26)15(28)23-11-12-5-2-1-3-6-12/h1-3,5-6,13H,4,7-11H2,(H,23,28). The summed E-state index contributed by atoms with van der Waals surface area (Å²) in [4.78, 5) is 35.9. The summed E-state index contributed by atoms with van der Waals surface area (Å²) in [6, 6.07) is 9.21. The van der Waals surface area contributed by atoms with Gasteiger partial charge in [-0.2, -0.15) is 8.78 Å². The number of nitrogens with zero attached hydrogens (tertiary/aromatic N) is 4. The van der Waals surface area contributed by atoms with Crippen molar-refractivity contribution in [3.8, 4) is 0 Å². The number of amides is 1. The molecule has 7 nitrogen and oxygen atoms in total. The predicted octanol–water partition coefficient (Wildman–Crippen LogP) is 2.63. The molecule has 156 valence electrons. The molecular weight excluding hydrogens is 412 g/mol. The number of hydrogen-bond donors (Lipinski definition) is 1. The number of rotatable bonds is 4. The van der Waals surface area contributed by atoms with Crippen LogP contribution in [0, 0.1) is 0 Å². The van der Waals surface area contributed by atoms with Crippen LogP contribution in [0.4, 0.5) is 13.9 Å². The second-order valence-electron chi connectivity index (χ2n) is 7.55. The van der Waals surface area contributed by atoms with Gasteiger partial charge in [-0.1, -0.05) is 41.7 Å². The Labute approximate surface area is 174 Å². The van der Waals surface area contributed by atoms with E-state index in [4.69, 9.17) is 0 Å². The van der Waals surface area contributed by atoms with Crippen LogP contribution in [0.15, 0.2) is 35.1 Å². The molecule has 3 aromatic rings. The van der Waals surface area contributed by atoms with Crippen molar-refractivity contribution in [3.05, 3.63) is 52.1 Å². The maximum atomic E-state index is 14.0. The third kappa shape index (κ3) is 3.15. The van der Waals surface area contributed by atoms with Crippen molar-refractivity contribution < 1.29 is 13.6 Å². The van der Waals surface area contributed by atoms with Gasteiger partial charge >= 0.3 is 5.92 Å². The second kappa shape index (κ2) is 7.12. The highest BCUT2D eigenvalue weighted by Crippen LogP contribution is 2.38. The highest BCUT2D eigenvalue weighted by Gasteiger charge is 2.43. The normalized spacial score (nSPS) is 19.9. The first-order valence-electron chi connectivity index (χ1n) is 9.82. The van der Waals surface area contributed by atoms with Crippen molar-refractivity contribution in [2.75, 3.05) is 11.4 Å². The second-order valence-corrected chi connectivity index (χ2v) is 8.51. The van der Waals surface area contributed by atoms with E-state index in [0.29, 0.717) is 24.6 Å². The monoisotopic (exact) mass is 431 g/mol. The van der Waals surface area contributed by atoms with Crippen LogP contribution in [0.2, 0.25) is 0 Å². The van der Waals surface area contributed by atoms with E-state index in [2.05, 4.69) is 15.3 Å². The van der Waals surface area contributed by atoms with Crippen LogP contribution in [0.5, 0.6) is 0 Å². The van der Waals surface area contributed by atoms with Gasteiger partial charge in [0.2, 0.25) is 5.91 Å². The van der Waals surface area contributed by atoms with E-state index < -0.39 is 29.8 Å². The zero-order chi connectivity index (χ0) is 20.9. The molecule has 2 aromatic heterocycles. The van der Waals surface area contributed by atoms with Crippen molar-refractivity contribution in [2.45, 2.75) is 44.3 Å². The molecule has 4 heterocycles. The number of anilines is 1. The SMILES string of the molecule is O=C(NCc1ccccc1)C1CCCN1c1nc2c(=O)n3c(nc2s1)C(F)(F)CC3. The fourth-order valence-electron chi connectivity index (χ4n) is 4.04. The van der Waals surface area contributed by atoms with Crippen LogP contribution < -0.4 is 15.8 Å². The molecule has 1 fully saturated rings. The van der Waals surface area contributed by atoms with Gasteiger partial charge < -0.3 is 10.2 Å². The van der Waals surface area contributed by atoms with Gasteiger partial charge in [-0.05, 0) is 18.4 Å². The summed E-state index contributed by atoms with van der Waals surface area (Å²) in [7, 11) is 0. The summed E-state index contributed by atoms with van der Waals surface area (Å²) in [5, 5.41) is 3.42. The molecular formula is C20H19F2N5O2S. The lowest BCUT2D eigenvalue weighted by molar-refractivity contribution is -0.122. The van der Waals surface area contributed by atoms with Gasteiger partial charge in [0.05, 0.1) is 0 Å². The Balaban J connectivity index is 1.41. The summed E-state index contributed by atoms with van der Waals surface area (Å²) < 4.78 is 29.1. The van der Waals surface area contributed by atoms with Crippen molar-refractivity contribution >= 4 is 32.7 Å². The number of halogens is 2. The molecule has 0 aliphatic carbocycles. The lowest BCUT2D eigenvalue weighted by atomic mass is 10.2. The Morgan fingerprint density at radius 3 is 2.83 bits per heavy atom. The number of alkyl halides is 2. The molecule has 1 aromatic carbocycles. The largest absolute Gasteiger partial charge is 0.350 e. The maximum absolute atomic E-state index is 14.0. The van der Waals surface area contributed by atoms with E-state index in [0.717, 1.165) is 27.9 Å². The van der Waals surface area contributed by atoms with Gasteiger partial charge in [-0.15, -0.1) is 0 Å². The van der Waals surface area contributed by atoms with Crippen LogP contribution in [0.1, 0.15) is 30.7 Å². The number of carbonyl (C=O) groups excluding carboxylic acids is 1. The first-order valence-corrected chi connectivity index (χ1v) is 10.6. The average molecular weight is 431 g/mol. The summed E-state index contributed by atoms with van der Waals surface area (Å²) in [6.07, 6.45) is 1.05. The fraction of sp³-hybridized carbons (Fsp3) is 0.400. The third-order valence-electron chi connectivity index (χ3n) is 5.60. The average Bonchev–Trinajstić information content (AvgIpc) is 3.45. The van der Waals surface area contributed by atoms with E-state index in [1.54, 1.807) is 0 Å². The summed E-state index contributed by atoms with van der Waals surface area (Å²) in [5.41, 5.74) is 0.550. The topological polar surface area (TPSA) is 80.1 Å². The van der Waals surface area contributed by atoms with Gasteiger partial charge in [-0.3, -0.25) is 14.2 Å². The molecule has 5 rings (SSSR count). The minimum atomic E-state index is -3.11. The molecule has 0 radical (unpaired) electrons. The minimum Gasteiger partial charge on any atom is -0.350 e. The van der Waals surface area contributed by atoms with Crippen molar-refractivity contribution in [1.29, 1.82) is 0 Å². The summed E-state index contributed by atoms with van der Waals surface area (Å²) in [5.74, 6) is -3.71. The Bertz CT molecular complexity index is 1180. The van der Waals surface area contributed by atoms with Crippen LogP contribution in [0.3, 0.4) is 0 Å². The van der Waals surface area contributed by atoms with Crippen molar-refractivity contribution in [1.82, 2.24) is 19.9 Å². The molecule has 30 heavy (non-hydrogen) atoms. The fourth-order valence-corrected chi connectivity index (χ4v) is 5.05. The number of carbonyl (C=O) groups is 1. The van der Waals surface area contributed by atoms with Gasteiger partial charge in [0.1, 0.15) is 6.04 Å². The molecule has 0 bridgehead atoms. The number of aromatic nitrogens is 3. The van der Waals surface area contributed by atoms with Crippen LogP contribution in [0.25, 0.3) is 10.3 Å². The van der Waals surface area contributed by atoms with E-state index in [1.807, 2.05) is 35.2 Å². The van der Waals surface area contributed by atoms with Gasteiger partial charge in [0, 0.05) is 26.1 Å². The van der Waals surface area contributed by atoms with E-state index in [9.17, 15) is 18.4 Å². The molecule has 1 atom stereocenters. The first-order chi connectivity index (χ1) is 14.4. The number of hydrogen-bond acceptors (Lipinski definition) is 6. The van der Waals surface area contributed by atoms with Gasteiger partial charge in [-0.25, -0.2) is 9.97 Å². The molecule has 1 unspecified atom stereocenters. The van der Waals surface area contributed by atoms with Gasteiger partial charge in [0.25, 0.3) is 5.56 Å². The number of fused-ring (bicyclic) bond motifs is 2. The lowest BCUT2D eigenvalue weighted by Crippen LogP contribution is -2.43. The molecule has 0 saturated carbocycles. The summed E-state index contributed by atoms with van der Waals surface area (Å²) >= 11 is 1.09. The Morgan fingerprint density at radius 1 is 1.23 bits per heavy atom. The molecule has 2 aliphatic rings. The Morgan fingerprint density at radius 2 is 2.03 bits per heavy atom. The van der Waals surface area contributed by atoms with E-state index >= 15 is 0 Å². The van der Waals surface area contributed by atoms with Crippen LogP contribution >= 0.6 is 11.3 Å².